The van der Waals surface area contributed by atoms with E-state index in [9.17, 15) is 4.79 Å². The zero-order chi connectivity index (χ0) is 30.8. The molecule has 0 N–H and O–H groups in total. The van der Waals surface area contributed by atoms with Crippen LogP contribution in [-0.4, -0.2) is 54.8 Å². The number of likely N-dealkylation sites (N-methyl/N-ethyl adjacent to an activating group) is 1. The summed E-state index contributed by atoms with van der Waals surface area (Å²) in [5.74, 6) is 0.895. The third-order valence-electron chi connectivity index (χ3n) is 7.53. The van der Waals surface area contributed by atoms with E-state index in [2.05, 4.69) is 53.5 Å². The maximum atomic E-state index is 12.3. The Morgan fingerprint density at radius 2 is 1.66 bits per heavy atom. The van der Waals surface area contributed by atoms with Crippen molar-refractivity contribution in [3.8, 4) is 16.9 Å². The molecule has 0 saturated heterocycles. The van der Waals surface area contributed by atoms with Gasteiger partial charge in [0.05, 0.1) is 29.2 Å². The van der Waals surface area contributed by atoms with Crippen LogP contribution in [0.2, 0.25) is 5.02 Å². The number of halogens is 1. The molecule has 1 amide bonds. The fourth-order valence-electron chi connectivity index (χ4n) is 5.17. The van der Waals surface area contributed by atoms with Gasteiger partial charge >= 0.3 is 0 Å². The smallest absolute Gasteiger partial charge is 0.228 e. The predicted octanol–water partition coefficient (Wildman–Crippen LogP) is 6.52. The van der Waals surface area contributed by atoms with Crippen molar-refractivity contribution in [2.24, 2.45) is 4.99 Å². The molecule has 9 heteroatoms. The summed E-state index contributed by atoms with van der Waals surface area (Å²) in [5.41, 5.74) is 10.1. The first-order chi connectivity index (χ1) is 21.3. The number of pyridine rings is 1. The number of rotatable bonds is 4. The minimum Gasteiger partial charge on any atom is -0.348 e. The van der Waals surface area contributed by atoms with E-state index in [1.165, 1.54) is 5.56 Å². The van der Waals surface area contributed by atoms with Crippen LogP contribution in [0.3, 0.4) is 0 Å². The Labute approximate surface area is 261 Å². The third-order valence-corrected chi connectivity index (χ3v) is 7.76. The summed E-state index contributed by atoms with van der Waals surface area (Å²) in [6.07, 6.45) is 4.09. The Bertz CT molecular complexity index is 1990. The molecular weight excluding hydrogens is 570 g/mol. The second kappa shape index (κ2) is 12.3. The lowest BCUT2D eigenvalue weighted by molar-refractivity contribution is -0.128. The van der Waals surface area contributed by atoms with Crippen molar-refractivity contribution in [3.63, 3.8) is 0 Å². The highest BCUT2D eigenvalue weighted by Crippen LogP contribution is 2.28. The van der Waals surface area contributed by atoms with Gasteiger partial charge in [-0.1, -0.05) is 77.8 Å². The van der Waals surface area contributed by atoms with Crippen molar-refractivity contribution >= 4 is 28.9 Å². The van der Waals surface area contributed by atoms with Gasteiger partial charge in [-0.15, -0.1) is 10.2 Å². The first-order valence-electron chi connectivity index (χ1n) is 14.3. The molecule has 0 saturated carbocycles. The van der Waals surface area contributed by atoms with Gasteiger partial charge in [0, 0.05) is 42.0 Å². The molecule has 0 fully saturated rings. The van der Waals surface area contributed by atoms with Crippen molar-refractivity contribution in [1.29, 1.82) is 0 Å². The number of nitrogens with zero attached hydrogens (tertiary/aromatic N) is 7. The van der Waals surface area contributed by atoms with Gasteiger partial charge in [0.1, 0.15) is 18.5 Å². The van der Waals surface area contributed by atoms with Crippen molar-refractivity contribution in [2.75, 3.05) is 14.1 Å². The van der Waals surface area contributed by atoms with E-state index >= 15 is 0 Å². The molecule has 3 aromatic carbocycles. The van der Waals surface area contributed by atoms with E-state index in [0.29, 0.717) is 18.0 Å². The zero-order valence-electron chi connectivity index (χ0n) is 25.1. The molecule has 4 heterocycles. The largest absolute Gasteiger partial charge is 0.348 e. The lowest BCUT2D eigenvalue weighted by atomic mass is 10.0. The fourth-order valence-corrected chi connectivity index (χ4v) is 5.34. The summed E-state index contributed by atoms with van der Waals surface area (Å²) in [6, 6.07) is 28.2. The Hall–Kier alpha value is -5.08. The van der Waals surface area contributed by atoms with E-state index in [-0.39, 0.29) is 5.91 Å². The SMILES string of the molecule is Cc1ccc(-c2nc3ccc(C)cn3c2CC(=O)N(C)C)cc1.Clc1ccc2c(c1)C(c1ccccc1)=NCc1nncn1-2. The molecule has 8 nitrogen and oxygen atoms in total. The van der Waals surface area contributed by atoms with Crippen LogP contribution in [-0.2, 0) is 17.8 Å². The Balaban J connectivity index is 0.000000156. The van der Waals surface area contributed by atoms with Gasteiger partial charge in [0.25, 0.3) is 0 Å². The van der Waals surface area contributed by atoms with Gasteiger partial charge in [-0.3, -0.25) is 14.4 Å². The van der Waals surface area contributed by atoms with Crippen molar-refractivity contribution in [2.45, 2.75) is 26.8 Å². The highest BCUT2D eigenvalue weighted by atomic mass is 35.5. The number of aliphatic imine (C=N–C) groups is 1. The van der Waals surface area contributed by atoms with Crippen molar-refractivity contribution < 1.29 is 4.79 Å². The lowest BCUT2D eigenvalue weighted by Gasteiger charge is -2.11. The fraction of sp³-hybridized carbons (Fsp3) is 0.171. The van der Waals surface area contributed by atoms with Crippen LogP contribution < -0.4 is 0 Å². The summed E-state index contributed by atoms with van der Waals surface area (Å²) in [7, 11) is 3.56. The zero-order valence-corrected chi connectivity index (χ0v) is 25.8. The van der Waals surface area contributed by atoms with Gasteiger partial charge in [0.15, 0.2) is 5.82 Å². The second-order valence-electron chi connectivity index (χ2n) is 11.0. The lowest BCUT2D eigenvalue weighted by Crippen LogP contribution is -2.24. The molecule has 1 aliphatic rings. The van der Waals surface area contributed by atoms with Crippen LogP contribution in [0.15, 0.2) is 102 Å². The average Bonchev–Trinajstić information content (AvgIpc) is 3.59. The molecule has 0 spiro atoms. The maximum Gasteiger partial charge on any atom is 0.228 e. The van der Waals surface area contributed by atoms with Crippen LogP contribution in [0.4, 0.5) is 0 Å². The van der Waals surface area contributed by atoms with E-state index < -0.39 is 0 Å². The number of carbonyl (C=O) groups excluding carboxylic acids is 1. The molecule has 0 bridgehead atoms. The number of fused-ring (bicyclic) bond motifs is 4. The topological polar surface area (TPSA) is 80.7 Å². The van der Waals surface area contributed by atoms with E-state index in [4.69, 9.17) is 21.6 Å². The molecule has 0 aliphatic carbocycles. The molecule has 44 heavy (non-hydrogen) atoms. The van der Waals surface area contributed by atoms with Gasteiger partial charge < -0.3 is 9.30 Å². The number of imidazole rings is 1. The highest BCUT2D eigenvalue weighted by Gasteiger charge is 2.20. The number of hydrogen-bond donors (Lipinski definition) is 0. The summed E-state index contributed by atoms with van der Waals surface area (Å²) in [4.78, 5) is 23.4. The first-order valence-corrected chi connectivity index (χ1v) is 14.7. The van der Waals surface area contributed by atoms with E-state index in [1.54, 1.807) is 25.3 Å². The number of aryl methyl sites for hydroxylation is 2. The standard InChI is InChI=1S/C19H21N3O.C16H11ClN4/c1-13-5-8-15(9-6-13)19-16(11-18(23)21(3)4)22-12-14(2)7-10-17(22)20-19;17-12-6-7-14-13(8-12)16(11-4-2-1-3-5-11)18-9-15-20-19-10-21(14)15/h5-10,12H,11H2,1-4H3;1-8,10H,9H2. The summed E-state index contributed by atoms with van der Waals surface area (Å²) in [5, 5.41) is 8.80. The van der Waals surface area contributed by atoms with E-state index in [0.717, 1.165) is 56.5 Å². The summed E-state index contributed by atoms with van der Waals surface area (Å²) >= 11 is 6.19. The number of aromatic nitrogens is 5. The molecule has 1 aliphatic heterocycles. The van der Waals surface area contributed by atoms with Gasteiger partial charge in [-0.2, -0.15) is 0 Å². The quantitative estimate of drug-likeness (QED) is 0.230. The van der Waals surface area contributed by atoms with Crippen LogP contribution >= 0.6 is 11.6 Å². The molecule has 220 valence electrons. The van der Waals surface area contributed by atoms with E-state index in [1.807, 2.05) is 70.6 Å². The molecule has 3 aromatic heterocycles. The highest BCUT2D eigenvalue weighted by molar-refractivity contribution is 6.31. The van der Waals surface area contributed by atoms with Gasteiger partial charge in [-0.05, 0) is 43.7 Å². The number of amides is 1. The monoisotopic (exact) mass is 601 g/mol. The van der Waals surface area contributed by atoms with Crippen LogP contribution in [0.1, 0.15) is 33.8 Å². The molecule has 6 aromatic rings. The Kier molecular flexibility index (Phi) is 8.09. The molecular formula is C35H32ClN7O. The first kappa shape index (κ1) is 29.0. The minimum absolute atomic E-state index is 0.0710. The Morgan fingerprint density at radius 3 is 2.41 bits per heavy atom. The molecule has 0 atom stereocenters. The van der Waals surface area contributed by atoms with Crippen molar-refractivity contribution in [3.05, 3.63) is 136 Å². The third kappa shape index (κ3) is 5.89. The molecule has 0 radical (unpaired) electrons. The molecule has 7 rings (SSSR count). The average molecular weight is 602 g/mol. The van der Waals surface area contributed by atoms with Crippen LogP contribution in [0.25, 0.3) is 22.6 Å². The maximum absolute atomic E-state index is 12.3. The van der Waals surface area contributed by atoms with Crippen molar-refractivity contribution in [1.82, 2.24) is 29.0 Å². The second-order valence-corrected chi connectivity index (χ2v) is 11.4. The molecule has 0 unspecified atom stereocenters. The van der Waals surface area contributed by atoms with Gasteiger partial charge in [-0.25, -0.2) is 4.98 Å². The number of hydrogen-bond acceptors (Lipinski definition) is 5. The Morgan fingerprint density at radius 1 is 0.909 bits per heavy atom. The minimum atomic E-state index is 0.0710. The summed E-state index contributed by atoms with van der Waals surface area (Å²) in [6.45, 7) is 4.60. The summed E-state index contributed by atoms with van der Waals surface area (Å²) < 4.78 is 4.00. The number of benzene rings is 3. The predicted molar refractivity (Wildman–Crippen MR) is 175 cm³/mol. The van der Waals surface area contributed by atoms with Gasteiger partial charge in [0.2, 0.25) is 5.91 Å². The van der Waals surface area contributed by atoms with Crippen LogP contribution in [0, 0.1) is 13.8 Å². The van der Waals surface area contributed by atoms with Crippen LogP contribution in [0.5, 0.6) is 0 Å². The number of carbonyl (C=O) groups is 1. The normalized spacial score (nSPS) is 12.0.